The third-order valence-electron chi connectivity index (χ3n) is 1.99. The number of hydrogen-bond acceptors (Lipinski definition) is 4. The Morgan fingerprint density at radius 3 is 2.81 bits per heavy atom. The molecule has 1 aromatic heterocycles. The van der Waals surface area contributed by atoms with Gasteiger partial charge in [0.05, 0.1) is 11.6 Å². The van der Waals surface area contributed by atoms with Crippen molar-refractivity contribution >= 4 is 34.3 Å². The Balaban J connectivity index is 2.38. The highest BCUT2D eigenvalue weighted by Crippen LogP contribution is 2.29. The van der Waals surface area contributed by atoms with Gasteiger partial charge in [0.25, 0.3) is 5.95 Å². The van der Waals surface area contributed by atoms with Gasteiger partial charge < -0.3 is 15.3 Å². The summed E-state index contributed by atoms with van der Waals surface area (Å²) in [5, 5.41) is 14.7. The number of thiocarbonyl (C=S) groups is 1. The molecular weight excluding hydrogens is 226 g/mol. The Morgan fingerprint density at radius 2 is 2.12 bits per heavy atom. The molecule has 2 aromatic rings. The van der Waals surface area contributed by atoms with Crippen molar-refractivity contribution in [3.05, 3.63) is 30.0 Å². The normalized spacial score (nSPS) is 11.0. The van der Waals surface area contributed by atoms with E-state index in [1.807, 2.05) is 18.2 Å². The first-order valence-electron chi connectivity index (χ1n) is 4.47. The second-order valence-electron chi connectivity index (χ2n) is 3.05. The number of aromatic hydroxyl groups is 1. The van der Waals surface area contributed by atoms with Crippen LogP contribution in [-0.2, 0) is 0 Å². The lowest BCUT2D eigenvalue weighted by atomic mass is 10.2. The van der Waals surface area contributed by atoms with Crippen molar-refractivity contribution in [2.45, 2.75) is 0 Å². The van der Waals surface area contributed by atoms with Crippen molar-refractivity contribution in [2.24, 2.45) is 10.8 Å². The maximum absolute atomic E-state index is 9.50. The molecule has 82 valence electrons. The summed E-state index contributed by atoms with van der Waals surface area (Å²) in [5.74, 6) is 0.309. The van der Waals surface area contributed by atoms with Crippen LogP contribution in [0.3, 0.4) is 0 Å². The van der Waals surface area contributed by atoms with Crippen LogP contribution in [0.5, 0.6) is 5.95 Å². The summed E-state index contributed by atoms with van der Waals surface area (Å²) in [6.07, 6.45) is 1.40. The van der Waals surface area contributed by atoms with Gasteiger partial charge in [0.15, 0.2) is 10.9 Å². The van der Waals surface area contributed by atoms with Crippen LogP contribution in [-0.4, -0.2) is 16.4 Å². The molecule has 0 saturated heterocycles. The Labute approximate surface area is 96.5 Å². The second-order valence-corrected chi connectivity index (χ2v) is 3.49. The zero-order chi connectivity index (χ0) is 11.5. The van der Waals surface area contributed by atoms with Crippen molar-refractivity contribution in [3.8, 4) is 5.95 Å². The number of nitrogens with two attached hydrogens (primary N) is 1. The maximum atomic E-state index is 9.50. The smallest absolute Gasteiger partial charge is 0.290 e. The van der Waals surface area contributed by atoms with E-state index in [0.29, 0.717) is 11.1 Å². The van der Waals surface area contributed by atoms with E-state index in [1.165, 1.54) is 6.21 Å². The quantitative estimate of drug-likeness (QED) is 0.415. The van der Waals surface area contributed by atoms with E-state index < -0.39 is 0 Å². The van der Waals surface area contributed by atoms with Crippen molar-refractivity contribution in [1.29, 1.82) is 0 Å². The molecule has 0 saturated carbocycles. The van der Waals surface area contributed by atoms with Gasteiger partial charge in [-0.05, 0) is 18.3 Å². The summed E-state index contributed by atoms with van der Waals surface area (Å²) < 4.78 is 5.13. The summed E-state index contributed by atoms with van der Waals surface area (Å²) in [6, 6.07) is 7.23. The zero-order valence-electron chi connectivity index (χ0n) is 8.18. The van der Waals surface area contributed by atoms with Gasteiger partial charge in [-0.2, -0.15) is 5.10 Å². The Morgan fingerprint density at radius 1 is 1.44 bits per heavy atom. The molecule has 16 heavy (non-hydrogen) atoms. The molecule has 0 fully saturated rings. The first-order chi connectivity index (χ1) is 7.68. The first-order valence-corrected chi connectivity index (χ1v) is 4.88. The average Bonchev–Trinajstić information content (AvgIpc) is 2.57. The molecule has 0 spiro atoms. The van der Waals surface area contributed by atoms with Crippen LogP contribution >= 0.6 is 12.2 Å². The maximum Gasteiger partial charge on any atom is 0.290 e. The second kappa shape index (κ2) is 4.19. The Kier molecular flexibility index (Phi) is 2.74. The predicted octanol–water partition coefficient (Wildman–Crippen LogP) is 1.31. The summed E-state index contributed by atoms with van der Waals surface area (Å²) in [5.41, 5.74) is 7.61. The SMILES string of the molecule is NC(=S)N/N=C/c1oc(O)c2ccccc12. The third kappa shape index (κ3) is 1.96. The number of hydrazone groups is 1. The minimum Gasteiger partial charge on any atom is -0.480 e. The minimum absolute atomic E-state index is 0.0660. The highest BCUT2D eigenvalue weighted by Gasteiger charge is 2.09. The topological polar surface area (TPSA) is 83.8 Å². The summed E-state index contributed by atoms with van der Waals surface area (Å²) in [4.78, 5) is 0. The summed E-state index contributed by atoms with van der Waals surface area (Å²) in [7, 11) is 0. The largest absolute Gasteiger partial charge is 0.480 e. The van der Waals surface area contributed by atoms with Crippen LogP contribution in [0.25, 0.3) is 10.8 Å². The molecule has 1 aromatic carbocycles. The van der Waals surface area contributed by atoms with Gasteiger partial charge in [-0.25, -0.2) is 0 Å². The molecule has 0 aliphatic rings. The molecule has 6 heteroatoms. The van der Waals surface area contributed by atoms with Crippen LogP contribution in [0.2, 0.25) is 0 Å². The lowest BCUT2D eigenvalue weighted by Crippen LogP contribution is -2.23. The number of nitrogens with zero attached hydrogens (tertiary/aromatic N) is 1. The number of furan rings is 1. The number of benzene rings is 1. The molecule has 4 N–H and O–H groups in total. The van der Waals surface area contributed by atoms with Crippen LogP contribution < -0.4 is 11.2 Å². The monoisotopic (exact) mass is 235 g/mol. The van der Waals surface area contributed by atoms with Crippen LogP contribution in [0, 0.1) is 0 Å². The molecule has 0 atom stereocenters. The molecule has 0 aliphatic heterocycles. The molecule has 0 unspecified atom stereocenters. The van der Waals surface area contributed by atoms with Crippen LogP contribution in [0.4, 0.5) is 0 Å². The van der Waals surface area contributed by atoms with Crippen molar-refractivity contribution in [1.82, 2.24) is 5.43 Å². The predicted molar refractivity (Wildman–Crippen MR) is 65.4 cm³/mol. The lowest BCUT2D eigenvalue weighted by Gasteiger charge is -1.92. The molecule has 0 aliphatic carbocycles. The summed E-state index contributed by atoms with van der Waals surface area (Å²) >= 11 is 4.58. The minimum atomic E-state index is -0.132. The first kappa shape index (κ1) is 10.4. The van der Waals surface area contributed by atoms with Crippen molar-refractivity contribution in [3.63, 3.8) is 0 Å². The fourth-order valence-corrected chi connectivity index (χ4v) is 1.40. The lowest BCUT2D eigenvalue weighted by molar-refractivity contribution is 0.336. The average molecular weight is 235 g/mol. The molecular formula is C10H9N3O2S. The van der Waals surface area contributed by atoms with Crippen LogP contribution in [0.15, 0.2) is 33.8 Å². The van der Waals surface area contributed by atoms with E-state index in [2.05, 4.69) is 22.7 Å². The highest BCUT2D eigenvalue weighted by atomic mass is 32.1. The zero-order valence-corrected chi connectivity index (χ0v) is 8.99. The molecule has 0 radical (unpaired) electrons. The van der Waals surface area contributed by atoms with E-state index in [1.54, 1.807) is 6.07 Å². The van der Waals surface area contributed by atoms with Gasteiger partial charge in [-0.15, -0.1) is 0 Å². The van der Waals surface area contributed by atoms with Gasteiger partial charge in [0.1, 0.15) is 0 Å². The van der Waals surface area contributed by atoms with Gasteiger partial charge >= 0.3 is 0 Å². The van der Waals surface area contributed by atoms with Crippen LogP contribution in [0.1, 0.15) is 5.76 Å². The number of fused-ring (bicyclic) bond motifs is 1. The molecule has 0 amide bonds. The van der Waals surface area contributed by atoms with Crippen molar-refractivity contribution < 1.29 is 9.52 Å². The molecule has 1 heterocycles. The van der Waals surface area contributed by atoms with E-state index in [0.717, 1.165) is 5.39 Å². The van der Waals surface area contributed by atoms with Gasteiger partial charge in [-0.1, -0.05) is 18.2 Å². The third-order valence-corrected chi connectivity index (χ3v) is 2.08. The number of hydrogen-bond donors (Lipinski definition) is 3. The Hall–Kier alpha value is -2.08. The molecule has 2 rings (SSSR count). The van der Waals surface area contributed by atoms with E-state index in [-0.39, 0.29) is 11.1 Å². The molecule has 0 bridgehead atoms. The highest BCUT2D eigenvalue weighted by molar-refractivity contribution is 7.80. The van der Waals surface area contributed by atoms with E-state index in [9.17, 15) is 5.11 Å². The van der Waals surface area contributed by atoms with Crippen molar-refractivity contribution in [2.75, 3.05) is 0 Å². The van der Waals surface area contributed by atoms with E-state index >= 15 is 0 Å². The van der Waals surface area contributed by atoms with Gasteiger partial charge in [-0.3, -0.25) is 5.43 Å². The summed E-state index contributed by atoms with van der Waals surface area (Å²) in [6.45, 7) is 0. The fraction of sp³-hybridized carbons (Fsp3) is 0. The number of nitrogens with one attached hydrogen (secondary N) is 1. The van der Waals surface area contributed by atoms with E-state index in [4.69, 9.17) is 10.2 Å². The number of rotatable bonds is 2. The Bertz CT molecular complexity index is 562. The van der Waals surface area contributed by atoms with Gasteiger partial charge in [0, 0.05) is 5.39 Å². The van der Waals surface area contributed by atoms with Gasteiger partial charge in [0.2, 0.25) is 0 Å². The standard InChI is InChI=1S/C10H9N3O2S/c11-10(16)13-12-5-8-6-3-1-2-4-7(6)9(14)15-8/h1-5,14H,(H3,11,13,16)/b12-5+. The fourth-order valence-electron chi connectivity index (χ4n) is 1.35. The molecule has 5 nitrogen and oxygen atoms in total.